The standard InChI is InChI=1S/C21H15ClFN2O/c1-12-5-2-6-13(19(12)23)11-25-17-10-4-8-15(21(24)26)18(17)14-7-3-9-16(22)20(14)25/h2-6,8-10H,11H2,1H3,(H2,24,26). The van der Waals surface area contributed by atoms with Gasteiger partial charge >= 0.3 is 0 Å². The number of carbonyl (C=O) groups is 1. The Morgan fingerprint density at radius 3 is 2.77 bits per heavy atom. The van der Waals surface area contributed by atoms with E-state index >= 15 is 0 Å². The van der Waals surface area contributed by atoms with Crippen molar-refractivity contribution >= 4 is 39.3 Å². The van der Waals surface area contributed by atoms with E-state index in [1.807, 2.05) is 16.7 Å². The maximum Gasteiger partial charge on any atom is 0.249 e. The molecule has 3 nitrogen and oxygen atoms in total. The molecule has 4 rings (SSSR count). The lowest BCUT2D eigenvalue weighted by atomic mass is 10.1. The third-order valence-electron chi connectivity index (χ3n) is 4.64. The van der Waals surface area contributed by atoms with Gasteiger partial charge in [-0.15, -0.1) is 0 Å². The average molecular weight is 366 g/mol. The highest BCUT2D eigenvalue weighted by atomic mass is 35.5. The number of primary amides is 1. The molecule has 0 atom stereocenters. The van der Waals surface area contributed by atoms with Gasteiger partial charge in [-0.2, -0.15) is 0 Å². The summed E-state index contributed by atoms with van der Waals surface area (Å²) in [7, 11) is 0. The monoisotopic (exact) mass is 365 g/mol. The number of nitrogens with zero attached hydrogens (tertiary/aromatic N) is 1. The van der Waals surface area contributed by atoms with Crippen molar-refractivity contribution in [3.63, 3.8) is 0 Å². The fraction of sp³-hybridized carbons (Fsp3) is 0.0952. The fourth-order valence-electron chi connectivity index (χ4n) is 3.44. The van der Waals surface area contributed by atoms with Gasteiger partial charge in [-0.1, -0.05) is 41.9 Å². The molecule has 3 aromatic carbocycles. The van der Waals surface area contributed by atoms with Crippen LogP contribution < -0.4 is 5.73 Å². The van der Waals surface area contributed by atoms with Gasteiger partial charge in [-0.25, -0.2) is 4.39 Å². The summed E-state index contributed by atoms with van der Waals surface area (Å²) in [4.78, 5) is 11.9. The highest BCUT2D eigenvalue weighted by Crippen LogP contribution is 2.35. The predicted octanol–water partition coefficient (Wildman–Crippen LogP) is 4.84. The minimum atomic E-state index is -0.523. The van der Waals surface area contributed by atoms with Gasteiger partial charge in [0.05, 0.1) is 22.6 Å². The molecule has 0 fully saturated rings. The zero-order valence-corrected chi connectivity index (χ0v) is 14.8. The van der Waals surface area contributed by atoms with E-state index < -0.39 is 5.91 Å². The van der Waals surface area contributed by atoms with Gasteiger partial charge < -0.3 is 10.3 Å². The average Bonchev–Trinajstić information content (AvgIpc) is 2.94. The van der Waals surface area contributed by atoms with E-state index in [4.69, 9.17) is 17.3 Å². The van der Waals surface area contributed by atoms with Gasteiger partial charge in [0, 0.05) is 21.9 Å². The Balaban J connectivity index is 2.09. The predicted molar refractivity (Wildman–Crippen MR) is 102 cm³/mol. The number of carbonyl (C=O) groups excluding carboxylic acids is 1. The summed E-state index contributed by atoms with van der Waals surface area (Å²) in [5.41, 5.74) is 8.56. The van der Waals surface area contributed by atoms with Crippen LogP contribution in [0.5, 0.6) is 0 Å². The van der Waals surface area contributed by atoms with Crippen LogP contribution in [0.2, 0.25) is 5.02 Å². The van der Waals surface area contributed by atoms with Crippen LogP contribution in [-0.2, 0) is 6.54 Å². The molecule has 1 amide bonds. The second-order valence-electron chi connectivity index (χ2n) is 6.25. The summed E-state index contributed by atoms with van der Waals surface area (Å²) in [6.07, 6.45) is 0. The Labute approximate surface area is 154 Å². The van der Waals surface area contributed by atoms with E-state index in [1.165, 1.54) is 0 Å². The first-order chi connectivity index (χ1) is 12.5. The van der Waals surface area contributed by atoms with Gasteiger partial charge in [-0.3, -0.25) is 4.79 Å². The lowest BCUT2D eigenvalue weighted by Crippen LogP contribution is -2.11. The van der Waals surface area contributed by atoms with Crippen molar-refractivity contribution in [1.82, 2.24) is 4.57 Å². The number of benzene rings is 3. The zero-order valence-electron chi connectivity index (χ0n) is 14.0. The molecule has 0 saturated carbocycles. The van der Waals surface area contributed by atoms with E-state index in [0.717, 1.165) is 5.52 Å². The Morgan fingerprint density at radius 2 is 2.00 bits per heavy atom. The second kappa shape index (κ2) is 6.15. The van der Waals surface area contributed by atoms with Crippen LogP contribution in [0.1, 0.15) is 21.5 Å². The van der Waals surface area contributed by atoms with Crippen molar-refractivity contribution in [3.05, 3.63) is 82.1 Å². The Bertz CT molecular complexity index is 1180. The lowest BCUT2D eigenvalue weighted by molar-refractivity contribution is 0.100. The topological polar surface area (TPSA) is 48.0 Å². The van der Waals surface area contributed by atoms with Crippen molar-refractivity contribution in [2.75, 3.05) is 0 Å². The molecule has 0 spiro atoms. The molecule has 129 valence electrons. The summed E-state index contributed by atoms with van der Waals surface area (Å²) >= 11 is 6.45. The Hall–Kier alpha value is -2.85. The molecule has 0 bridgehead atoms. The second-order valence-corrected chi connectivity index (χ2v) is 6.65. The Kier molecular flexibility index (Phi) is 3.93. The minimum Gasteiger partial charge on any atom is -0.366 e. The fourth-order valence-corrected chi connectivity index (χ4v) is 3.70. The quantitative estimate of drug-likeness (QED) is 0.554. The van der Waals surface area contributed by atoms with Crippen LogP contribution in [0.3, 0.4) is 0 Å². The smallest absolute Gasteiger partial charge is 0.249 e. The first kappa shape index (κ1) is 16.6. The molecule has 0 aliphatic heterocycles. The van der Waals surface area contributed by atoms with Gasteiger partial charge in [0.2, 0.25) is 5.91 Å². The van der Waals surface area contributed by atoms with Crippen molar-refractivity contribution in [2.24, 2.45) is 5.73 Å². The summed E-state index contributed by atoms with van der Waals surface area (Å²) in [6, 6.07) is 17.2. The van der Waals surface area contributed by atoms with Crippen LogP contribution in [-0.4, -0.2) is 10.5 Å². The molecular weight excluding hydrogens is 351 g/mol. The first-order valence-electron chi connectivity index (χ1n) is 8.14. The molecule has 0 unspecified atom stereocenters. The summed E-state index contributed by atoms with van der Waals surface area (Å²) in [5, 5.41) is 1.90. The highest BCUT2D eigenvalue weighted by Gasteiger charge is 2.19. The molecule has 0 aliphatic rings. The van der Waals surface area contributed by atoms with Gasteiger partial charge in [0.15, 0.2) is 0 Å². The third-order valence-corrected chi connectivity index (χ3v) is 4.94. The van der Waals surface area contributed by atoms with Crippen molar-refractivity contribution in [2.45, 2.75) is 13.5 Å². The number of aromatic nitrogens is 1. The van der Waals surface area contributed by atoms with E-state index in [-0.39, 0.29) is 12.4 Å². The number of fused-ring (bicyclic) bond motifs is 3. The normalized spacial score (nSPS) is 11.3. The van der Waals surface area contributed by atoms with Crippen molar-refractivity contribution in [3.8, 4) is 0 Å². The number of halogens is 2. The van der Waals surface area contributed by atoms with E-state index in [2.05, 4.69) is 6.07 Å². The number of rotatable bonds is 3. The van der Waals surface area contributed by atoms with Crippen molar-refractivity contribution < 1.29 is 9.18 Å². The number of hydrogen-bond donors (Lipinski definition) is 1. The number of aryl methyl sites for hydroxylation is 1. The maximum atomic E-state index is 14.6. The molecule has 2 N–H and O–H groups in total. The molecular formula is C21H15ClFN2O. The summed E-state index contributed by atoms with van der Waals surface area (Å²) < 4.78 is 16.5. The van der Waals surface area contributed by atoms with E-state index in [1.54, 1.807) is 43.3 Å². The first-order valence-corrected chi connectivity index (χ1v) is 8.51. The van der Waals surface area contributed by atoms with Crippen LogP contribution in [0, 0.1) is 18.8 Å². The molecule has 4 aromatic rings. The van der Waals surface area contributed by atoms with Gasteiger partial charge in [0.1, 0.15) is 5.82 Å². The summed E-state index contributed by atoms with van der Waals surface area (Å²) in [5.74, 6) is -0.769. The van der Waals surface area contributed by atoms with Crippen LogP contribution in [0.4, 0.5) is 4.39 Å². The van der Waals surface area contributed by atoms with Crippen LogP contribution in [0.25, 0.3) is 21.8 Å². The van der Waals surface area contributed by atoms with Crippen LogP contribution >= 0.6 is 11.6 Å². The summed E-state index contributed by atoms with van der Waals surface area (Å²) in [6.45, 7) is 2.02. The Morgan fingerprint density at radius 1 is 1.23 bits per heavy atom. The lowest BCUT2D eigenvalue weighted by Gasteiger charge is -2.11. The zero-order chi connectivity index (χ0) is 18.4. The molecule has 5 heteroatoms. The SMILES string of the molecule is Cc1cccc(Cn2c3cccc(C(N)=O)c3c3[c]ccc(Cl)c32)c1F. The molecule has 1 aromatic heterocycles. The third kappa shape index (κ3) is 2.45. The molecule has 0 saturated heterocycles. The molecule has 0 aliphatic carbocycles. The van der Waals surface area contributed by atoms with Crippen molar-refractivity contribution in [1.29, 1.82) is 0 Å². The maximum absolute atomic E-state index is 14.6. The number of nitrogens with two attached hydrogens (primary N) is 1. The van der Waals surface area contributed by atoms with E-state index in [9.17, 15) is 9.18 Å². The molecule has 1 radical (unpaired) electrons. The number of amides is 1. The largest absolute Gasteiger partial charge is 0.366 e. The highest BCUT2D eigenvalue weighted by molar-refractivity contribution is 6.36. The molecule has 1 heterocycles. The van der Waals surface area contributed by atoms with Crippen LogP contribution in [0.15, 0.2) is 48.5 Å². The minimum absolute atomic E-state index is 0.246. The number of hydrogen-bond acceptors (Lipinski definition) is 1. The van der Waals surface area contributed by atoms with E-state index in [0.29, 0.717) is 38.0 Å². The van der Waals surface area contributed by atoms with Gasteiger partial charge in [-0.05, 0) is 36.8 Å². The van der Waals surface area contributed by atoms with Gasteiger partial charge in [0.25, 0.3) is 0 Å². The molecule has 26 heavy (non-hydrogen) atoms.